The maximum Gasteiger partial charge on any atom is 0.261 e. The van der Waals surface area contributed by atoms with Crippen molar-refractivity contribution in [1.29, 1.82) is 0 Å². The molecule has 1 saturated heterocycles. The number of H-pyrrole nitrogens is 1. The molecule has 0 atom stereocenters. The van der Waals surface area contributed by atoms with Gasteiger partial charge in [0.05, 0.1) is 12.0 Å². The van der Waals surface area contributed by atoms with Crippen LogP contribution in [0.3, 0.4) is 0 Å². The summed E-state index contributed by atoms with van der Waals surface area (Å²) in [7, 11) is 0. The molecular weight excluding hydrogens is 306 g/mol. The fraction of sp³-hybridized carbons (Fsp3) is 0.333. The maximum absolute atomic E-state index is 12.2. The predicted octanol–water partition coefficient (Wildman–Crippen LogP) is 1.54. The second-order valence-corrected chi connectivity index (χ2v) is 5.09. The molecule has 1 aliphatic heterocycles. The molecule has 1 fully saturated rings. The summed E-state index contributed by atoms with van der Waals surface area (Å²) >= 11 is 0. The van der Waals surface area contributed by atoms with Crippen molar-refractivity contribution in [1.82, 2.24) is 15.6 Å². The number of aromatic amines is 1. The van der Waals surface area contributed by atoms with E-state index < -0.39 is 5.56 Å². The standard InChI is InChI=1S/C15H17N3O3.ClH/c19-14(17-10-5-7-16-8-6-10)11-3-4-12(18-15(11)20)13-2-1-9-21-13;/h1-4,9-10,16H,5-8H2,(H,17,19)(H,18,20);1H. The van der Waals surface area contributed by atoms with E-state index in [1.807, 2.05) is 0 Å². The van der Waals surface area contributed by atoms with Crippen LogP contribution in [-0.4, -0.2) is 30.0 Å². The van der Waals surface area contributed by atoms with Gasteiger partial charge in [-0.15, -0.1) is 12.4 Å². The van der Waals surface area contributed by atoms with Gasteiger partial charge >= 0.3 is 0 Å². The molecule has 118 valence electrons. The van der Waals surface area contributed by atoms with Crippen LogP contribution in [0.2, 0.25) is 0 Å². The van der Waals surface area contributed by atoms with Crippen molar-refractivity contribution < 1.29 is 9.21 Å². The highest BCUT2D eigenvalue weighted by Gasteiger charge is 2.18. The van der Waals surface area contributed by atoms with Crippen LogP contribution in [0.1, 0.15) is 23.2 Å². The Morgan fingerprint density at radius 3 is 2.64 bits per heavy atom. The number of hydrogen-bond acceptors (Lipinski definition) is 4. The van der Waals surface area contributed by atoms with E-state index in [1.165, 1.54) is 12.3 Å². The predicted molar refractivity (Wildman–Crippen MR) is 85.4 cm³/mol. The summed E-state index contributed by atoms with van der Waals surface area (Å²) < 4.78 is 5.22. The van der Waals surface area contributed by atoms with Crippen molar-refractivity contribution in [2.45, 2.75) is 18.9 Å². The lowest BCUT2D eigenvalue weighted by atomic mass is 10.1. The molecule has 0 saturated carbocycles. The van der Waals surface area contributed by atoms with Crippen LogP contribution in [0.4, 0.5) is 0 Å². The van der Waals surface area contributed by atoms with Crippen molar-refractivity contribution in [3.63, 3.8) is 0 Å². The molecule has 0 aliphatic carbocycles. The number of piperidine rings is 1. The first-order valence-corrected chi connectivity index (χ1v) is 7.03. The molecule has 2 aromatic rings. The van der Waals surface area contributed by atoms with E-state index in [-0.39, 0.29) is 29.9 Å². The van der Waals surface area contributed by atoms with E-state index in [4.69, 9.17) is 4.42 Å². The number of hydrogen-bond donors (Lipinski definition) is 3. The Bertz CT molecular complexity index is 676. The summed E-state index contributed by atoms with van der Waals surface area (Å²) in [5.74, 6) is 0.242. The molecule has 1 amide bonds. The highest BCUT2D eigenvalue weighted by molar-refractivity contribution is 5.94. The quantitative estimate of drug-likeness (QED) is 0.799. The highest BCUT2D eigenvalue weighted by atomic mass is 35.5. The molecule has 3 heterocycles. The molecule has 0 spiro atoms. The zero-order valence-electron chi connectivity index (χ0n) is 11.9. The number of carbonyl (C=O) groups is 1. The van der Waals surface area contributed by atoms with Gasteiger partial charge in [0.15, 0.2) is 0 Å². The van der Waals surface area contributed by atoms with Gasteiger partial charge < -0.3 is 20.0 Å². The van der Waals surface area contributed by atoms with Crippen LogP contribution in [0.5, 0.6) is 0 Å². The van der Waals surface area contributed by atoms with Gasteiger partial charge in [-0.25, -0.2) is 0 Å². The lowest BCUT2D eigenvalue weighted by molar-refractivity contribution is 0.0928. The molecule has 0 aromatic carbocycles. The lowest BCUT2D eigenvalue weighted by Crippen LogP contribution is -2.43. The topological polar surface area (TPSA) is 87.1 Å². The average Bonchev–Trinajstić information content (AvgIpc) is 3.02. The molecule has 0 unspecified atom stereocenters. The molecule has 3 N–H and O–H groups in total. The monoisotopic (exact) mass is 323 g/mol. The van der Waals surface area contributed by atoms with Crippen LogP contribution in [-0.2, 0) is 0 Å². The first-order valence-electron chi connectivity index (χ1n) is 7.03. The van der Waals surface area contributed by atoms with E-state index in [0.29, 0.717) is 11.5 Å². The van der Waals surface area contributed by atoms with Gasteiger partial charge in [-0.2, -0.15) is 0 Å². The Kier molecular flexibility index (Phi) is 5.41. The first kappa shape index (κ1) is 16.3. The number of rotatable bonds is 3. The van der Waals surface area contributed by atoms with Gasteiger partial charge in [-0.05, 0) is 50.2 Å². The normalized spacial score (nSPS) is 15.1. The highest BCUT2D eigenvalue weighted by Crippen LogP contribution is 2.15. The van der Waals surface area contributed by atoms with E-state index in [9.17, 15) is 9.59 Å². The van der Waals surface area contributed by atoms with Crippen LogP contribution in [0.15, 0.2) is 39.7 Å². The lowest BCUT2D eigenvalue weighted by Gasteiger charge is -2.23. The fourth-order valence-electron chi connectivity index (χ4n) is 2.46. The third-order valence-electron chi connectivity index (χ3n) is 3.62. The van der Waals surface area contributed by atoms with Gasteiger partial charge in [0.2, 0.25) is 0 Å². The van der Waals surface area contributed by atoms with Crippen molar-refractivity contribution in [2.24, 2.45) is 0 Å². The summed E-state index contributed by atoms with van der Waals surface area (Å²) in [6.45, 7) is 1.78. The third-order valence-corrected chi connectivity index (χ3v) is 3.62. The minimum absolute atomic E-state index is 0. The van der Waals surface area contributed by atoms with Gasteiger partial charge in [-0.3, -0.25) is 9.59 Å². The summed E-state index contributed by atoms with van der Waals surface area (Å²) in [6.07, 6.45) is 3.30. The third kappa shape index (κ3) is 3.58. The number of nitrogens with one attached hydrogen (secondary N) is 3. The SMILES string of the molecule is Cl.O=C(NC1CCNCC1)c1ccc(-c2ccco2)[nH]c1=O. The number of pyridine rings is 1. The molecular formula is C15H18ClN3O3. The van der Waals surface area contributed by atoms with Gasteiger partial charge in [0.1, 0.15) is 11.3 Å². The second-order valence-electron chi connectivity index (χ2n) is 5.09. The van der Waals surface area contributed by atoms with Gasteiger partial charge in [-0.1, -0.05) is 0 Å². The Hall–Kier alpha value is -2.05. The average molecular weight is 324 g/mol. The molecule has 7 heteroatoms. The Labute approximate surface area is 133 Å². The minimum Gasteiger partial charge on any atom is -0.463 e. The molecule has 6 nitrogen and oxygen atoms in total. The molecule has 3 rings (SSSR count). The Morgan fingerprint density at radius 2 is 2.00 bits per heavy atom. The summed E-state index contributed by atoms with van der Waals surface area (Å²) in [6, 6.07) is 6.83. The molecule has 0 radical (unpaired) electrons. The van der Waals surface area contributed by atoms with E-state index in [1.54, 1.807) is 18.2 Å². The minimum atomic E-state index is -0.407. The van der Waals surface area contributed by atoms with E-state index in [0.717, 1.165) is 25.9 Å². The summed E-state index contributed by atoms with van der Waals surface area (Å²) in [4.78, 5) is 26.9. The van der Waals surface area contributed by atoms with Gasteiger partial charge in [0.25, 0.3) is 11.5 Å². The zero-order valence-corrected chi connectivity index (χ0v) is 12.7. The van der Waals surface area contributed by atoms with Crippen LogP contribution in [0, 0.1) is 0 Å². The number of amides is 1. The maximum atomic E-state index is 12.2. The largest absolute Gasteiger partial charge is 0.463 e. The molecule has 2 aromatic heterocycles. The second kappa shape index (κ2) is 7.29. The number of halogens is 1. The summed E-state index contributed by atoms with van der Waals surface area (Å²) in [5, 5.41) is 6.14. The van der Waals surface area contributed by atoms with Crippen LogP contribution < -0.4 is 16.2 Å². The Morgan fingerprint density at radius 1 is 1.23 bits per heavy atom. The van der Waals surface area contributed by atoms with Crippen LogP contribution in [0.25, 0.3) is 11.5 Å². The summed E-state index contributed by atoms with van der Waals surface area (Å²) in [5.41, 5.74) is 0.280. The van der Waals surface area contributed by atoms with Gasteiger partial charge in [0, 0.05) is 6.04 Å². The van der Waals surface area contributed by atoms with E-state index in [2.05, 4.69) is 15.6 Å². The van der Waals surface area contributed by atoms with Crippen LogP contribution >= 0.6 is 12.4 Å². The number of furan rings is 1. The van der Waals surface area contributed by atoms with Crippen molar-refractivity contribution >= 4 is 18.3 Å². The number of carbonyl (C=O) groups excluding carboxylic acids is 1. The molecule has 0 bridgehead atoms. The van der Waals surface area contributed by atoms with E-state index >= 15 is 0 Å². The smallest absolute Gasteiger partial charge is 0.261 e. The van der Waals surface area contributed by atoms with Crippen molar-refractivity contribution in [3.05, 3.63) is 46.4 Å². The number of aromatic nitrogens is 1. The van der Waals surface area contributed by atoms with Crippen molar-refractivity contribution in [2.75, 3.05) is 13.1 Å². The Balaban J connectivity index is 0.00000176. The molecule has 1 aliphatic rings. The zero-order chi connectivity index (χ0) is 14.7. The molecule has 22 heavy (non-hydrogen) atoms. The van der Waals surface area contributed by atoms with Crippen molar-refractivity contribution in [3.8, 4) is 11.5 Å². The fourth-order valence-corrected chi connectivity index (χ4v) is 2.46. The first-order chi connectivity index (χ1) is 10.2.